The minimum atomic E-state index is -0.0789. The predicted octanol–water partition coefficient (Wildman–Crippen LogP) is 8.02. The van der Waals surface area contributed by atoms with E-state index in [-0.39, 0.29) is 6.10 Å². The molecule has 0 aromatic rings. The fraction of sp³-hybridized carbons (Fsp3) is 0.933. The maximum absolute atomic E-state index is 10.3. The molecule has 5 rings (SSSR count). The number of allylic oxidation sites excluding steroid dienone is 1. The topological polar surface area (TPSA) is 20.2 Å². The minimum Gasteiger partial charge on any atom is -0.393 e. The maximum Gasteiger partial charge on any atom is 0.0577 e. The highest BCUT2D eigenvalue weighted by Crippen LogP contribution is 2.68. The molecule has 0 amide bonds. The van der Waals surface area contributed by atoms with E-state index in [2.05, 4.69) is 47.6 Å². The SMILES string of the molecule is CC(C)[C@]1(CC[C@@H](C)[C@H]2CC[C@H]3[C@@H]4CC=C5CC(O)CC[C@]5(C)[C@H]4CC[C@]23C)C[C@H]1C. The molecule has 4 saturated carbocycles. The van der Waals surface area contributed by atoms with Crippen LogP contribution in [0.5, 0.6) is 0 Å². The van der Waals surface area contributed by atoms with E-state index < -0.39 is 0 Å². The normalized spacial score (nSPS) is 52.2. The van der Waals surface area contributed by atoms with Gasteiger partial charge in [-0.05, 0) is 128 Å². The van der Waals surface area contributed by atoms with E-state index in [0.717, 1.165) is 54.3 Å². The zero-order chi connectivity index (χ0) is 22.2. The van der Waals surface area contributed by atoms with Crippen molar-refractivity contribution in [3.63, 3.8) is 0 Å². The van der Waals surface area contributed by atoms with Gasteiger partial charge in [-0.15, -0.1) is 0 Å². The van der Waals surface area contributed by atoms with E-state index in [1.165, 1.54) is 57.8 Å². The van der Waals surface area contributed by atoms with Gasteiger partial charge in [-0.2, -0.15) is 0 Å². The summed E-state index contributed by atoms with van der Waals surface area (Å²) >= 11 is 0. The molecule has 0 aromatic carbocycles. The molecule has 31 heavy (non-hydrogen) atoms. The van der Waals surface area contributed by atoms with Gasteiger partial charge in [0.15, 0.2) is 0 Å². The Morgan fingerprint density at radius 1 is 1.03 bits per heavy atom. The number of fused-ring (bicyclic) bond motifs is 5. The number of hydrogen-bond donors (Lipinski definition) is 1. The Balaban J connectivity index is 1.30. The lowest BCUT2D eigenvalue weighted by molar-refractivity contribution is -0.0576. The molecule has 1 N–H and O–H groups in total. The Morgan fingerprint density at radius 2 is 1.77 bits per heavy atom. The molecule has 0 saturated heterocycles. The molecule has 0 heterocycles. The van der Waals surface area contributed by atoms with E-state index in [1.807, 2.05) is 0 Å². The van der Waals surface area contributed by atoms with Gasteiger partial charge < -0.3 is 5.11 Å². The Hall–Kier alpha value is -0.300. The summed E-state index contributed by atoms with van der Waals surface area (Å²) in [6.45, 7) is 15.3. The van der Waals surface area contributed by atoms with E-state index in [4.69, 9.17) is 0 Å². The van der Waals surface area contributed by atoms with Crippen molar-refractivity contribution in [1.29, 1.82) is 0 Å². The zero-order valence-corrected chi connectivity index (χ0v) is 21.4. The largest absolute Gasteiger partial charge is 0.393 e. The fourth-order valence-corrected chi connectivity index (χ4v) is 10.3. The van der Waals surface area contributed by atoms with Crippen LogP contribution in [-0.2, 0) is 0 Å². The molecule has 0 bridgehead atoms. The van der Waals surface area contributed by atoms with Gasteiger partial charge in [0.05, 0.1) is 6.10 Å². The van der Waals surface area contributed by atoms with Crippen LogP contribution in [0.1, 0.15) is 112 Å². The predicted molar refractivity (Wildman–Crippen MR) is 131 cm³/mol. The first-order valence-electron chi connectivity index (χ1n) is 14.0. The van der Waals surface area contributed by atoms with Crippen molar-refractivity contribution in [3.05, 3.63) is 11.6 Å². The smallest absolute Gasteiger partial charge is 0.0577 e. The van der Waals surface area contributed by atoms with Crippen LogP contribution < -0.4 is 0 Å². The highest BCUT2D eigenvalue weighted by molar-refractivity contribution is 5.25. The molecule has 1 heteroatoms. The van der Waals surface area contributed by atoms with Crippen LogP contribution in [0.25, 0.3) is 0 Å². The number of aliphatic hydroxyl groups is 1. The second-order valence-electron chi connectivity index (χ2n) is 13.9. The minimum absolute atomic E-state index is 0.0789. The summed E-state index contributed by atoms with van der Waals surface area (Å²) in [5, 5.41) is 10.3. The molecule has 1 nitrogen and oxygen atoms in total. The molecular formula is C30H50O. The third-order valence-electron chi connectivity index (χ3n) is 12.6. The van der Waals surface area contributed by atoms with E-state index >= 15 is 0 Å². The van der Waals surface area contributed by atoms with Crippen LogP contribution in [0, 0.1) is 57.7 Å². The number of rotatable bonds is 5. The first kappa shape index (κ1) is 22.5. The van der Waals surface area contributed by atoms with Crippen molar-refractivity contribution in [2.24, 2.45) is 57.7 Å². The summed E-state index contributed by atoms with van der Waals surface area (Å²) in [6.07, 6.45) is 17.3. The van der Waals surface area contributed by atoms with Crippen LogP contribution in [0.15, 0.2) is 11.6 Å². The molecule has 0 aliphatic heterocycles. The quantitative estimate of drug-likeness (QED) is 0.441. The second-order valence-corrected chi connectivity index (χ2v) is 13.9. The summed E-state index contributed by atoms with van der Waals surface area (Å²) in [7, 11) is 0. The zero-order valence-electron chi connectivity index (χ0n) is 21.4. The van der Waals surface area contributed by atoms with Crippen molar-refractivity contribution in [2.45, 2.75) is 118 Å². The number of aliphatic hydroxyl groups excluding tert-OH is 1. The van der Waals surface area contributed by atoms with Crippen molar-refractivity contribution in [2.75, 3.05) is 0 Å². The summed E-state index contributed by atoms with van der Waals surface area (Å²) in [4.78, 5) is 0. The van der Waals surface area contributed by atoms with E-state index in [9.17, 15) is 5.11 Å². The summed E-state index contributed by atoms with van der Waals surface area (Å²) < 4.78 is 0. The highest BCUT2D eigenvalue weighted by Gasteiger charge is 2.59. The molecule has 10 atom stereocenters. The first-order chi connectivity index (χ1) is 14.6. The van der Waals surface area contributed by atoms with Crippen LogP contribution in [0.3, 0.4) is 0 Å². The average Bonchev–Trinajstić information content (AvgIpc) is 3.25. The van der Waals surface area contributed by atoms with E-state index in [0.29, 0.717) is 16.2 Å². The molecule has 176 valence electrons. The summed E-state index contributed by atoms with van der Waals surface area (Å²) in [5.74, 6) is 6.39. The molecule has 1 unspecified atom stereocenters. The highest BCUT2D eigenvalue weighted by atomic mass is 16.3. The molecule has 0 radical (unpaired) electrons. The van der Waals surface area contributed by atoms with Crippen molar-refractivity contribution >= 4 is 0 Å². The maximum atomic E-state index is 10.3. The van der Waals surface area contributed by atoms with Gasteiger partial charge in [0.1, 0.15) is 0 Å². The van der Waals surface area contributed by atoms with Gasteiger partial charge in [-0.25, -0.2) is 0 Å². The van der Waals surface area contributed by atoms with Gasteiger partial charge >= 0.3 is 0 Å². The van der Waals surface area contributed by atoms with Crippen LogP contribution in [-0.4, -0.2) is 11.2 Å². The van der Waals surface area contributed by atoms with Crippen molar-refractivity contribution < 1.29 is 5.11 Å². The van der Waals surface area contributed by atoms with Gasteiger partial charge in [-0.3, -0.25) is 0 Å². The molecular weight excluding hydrogens is 376 g/mol. The Kier molecular flexibility index (Phi) is 5.52. The third-order valence-corrected chi connectivity index (χ3v) is 12.6. The van der Waals surface area contributed by atoms with Gasteiger partial charge in [0.2, 0.25) is 0 Å². The molecule has 5 aliphatic carbocycles. The van der Waals surface area contributed by atoms with Crippen molar-refractivity contribution in [1.82, 2.24) is 0 Å². The Morgan fingerprint density at radius 3 is 2.45 bits per heavy atom. The summed E-state index contributed by atoms with van der Waals surface area (Å²) in [6, 6.07) is 0. The molecule has 0 spiro atoms. The standard InChI is InChI=1S/C30H50O/c1-19(2)30(18-21(30)4)16-11-20(3)25-9-10-26-24-8-7-22-17-23(31)12-14-28(22,5)27(24)13-15-29(25,26)6/h7,19-21,23-27,31H,8-18H2,1-6H3/t20-,21-,23?,24+,25-,26+,27+,28+,29-,30+/m1/s1. The molecule has 0 aromatic heterocycles. The summed E-state index contributed by atoms with van der Waals surface area (Å²) in [5.41, 5.74) is 3.27. The molecule has 5 aliphatic rings. The average molecular weight is 427 g/mol. The lowest BCUT2D eigenvalue weighted by Crippen LogP contribution is -2.50. The second kappa shape index (κ2) is 7.61. The van der Waals surface area contributed by atoms with E-state index in [1.54, 1.807) is 5.57 Å². The molecule has 4 fully saturated rings. The monoisotopic (exact) mass is 426 g/mol. The van der Waals surface area contributed by atoms with Gasteiger partial charge in [-0.1, -0.05) is 53.2 Å². The van der Waals surface area contributed by atoms with Gasteiger partial charge in [0, 0.05) is 0 Å². The van der Waals surface area contributed by atoms with Gasteiger partial charge in [0.25, 0.3) is 0 Å². The Bertz CT molecular complexity index is 722. The van der Waals surface area contributed by atoms with Crippen LogP contribution in [0.2, 0.25) is 0 Å². The third kappa shape index (κ3) is 3.33. The fourth-order valence-electron chi connectivity index (χ4n) is 10.3. The van der Waals surface area contributed by atoms with Crippen LogP contribution in [0.4, 0.5) is 0 Å². The van der Waals surface area contributed by atoms with Crippen LogP contribution >= 0.6 is 0 Å². The lowest BCUT2D eigenvalue weighted by Gasteiger charge is -2.58. The lowest BCUT2D eigenvalue weighted by atomic mass is 9.47. The Labute approximate surface area is 192 Å². The first-order valence-corrected chi connectivity index (χ1v) is 14.0. The number of hydrogen-bond acceptors (Lipinski definition) is 1. The van der Waals surface area contributed by atoms with Crippen molar-refractivity contribution in [3.8, 4) is 0 Å².